The SMILES string of the molecule is O=C1[C@@H]2[C@H](C(=O)N1/N=C/c1cc(Br)ccc1O)[C@H]1C=C[C@@H]2C1. The molecule has 1 aliphatic heterocycles. The summed E-state index contributed by atoms with van der Waals surface area (Å²) < 4.78 is 0.782. The molecule has 3 aliphatic rings. The predicted molar refractivity (Wildman–Crippen MR) is 83.0 cm³/mol. The van der Waals surface area contributed by atoms with Crippen molar-refractivity contribution >= 4 is 34.0 Å². The van der Waals surface area contributed by atoms with Crippen molar-refractivity contribution in [3.63, 3.8) is 0 Å². The summed E-state index contributed by atoms with van der Waals surface area (Å²) in [5, 5.41) is 14.8. The number of phenolic OH excluding ortho intramolecular Hbond substituents is 1. The Morgan fingerprint density at radius 3 is 2.45 bits per heavy atom. The maximum absolute atomic E-state index is 12.4. The van der Waals surface area contributed by atoms with Crippen molar-refractivity contribution in [3.8, 4) is 5.75 Å². The van der Waals surface area contributed by atoms with Gasteiger partial charge in [0.15, 0.2) is 0 Å². The molecule has 2 aliphatic carbocycles. The van der Waals surface area contributed by atoms with Crippen molar-refractivity contribution in [2.45, 2.75) is 6.42 Å². The molecule has 112 valence electrons. The molecular formula is C16H13BrN2O3. The van der Waals surface area contributed by atoms with Crippen molar-refractivity contribution in [1.29, 1.82) is 0 Å². The van der Waals surface area contributed by atoms with E-state index < -0.39 is 0 Å². The number of hydrogen-bond donors (Lipinski definition) is 1. The Labute approximate surface area is 135 Å². The van der Waals surface area contributed by atoms with Crippen molar-refractivity contribution in [3.05, 3.63) is 40.4 Å². The molecule has 1 saturated heterocycles. The third-order valence-corrected chi connectivity index (χ3v) is 5.24. The fourth-order valence-electron chi connectivity index (χ4n) is 3.75. The molecule has 2 amide bonds. The summed E-state index contributed by atoms with van der Waals surface area (Å²) in [5.74, 6) is -0.563. The van der Waals surface area contributed by atoms with Gasteiger partial charge in [-0.1, -0.05) is 28.1 Å². The number of amides is 2. The second-order valence-electron chi connectivity index (χ2n) is 5.94. The van der Waals surface area contributed by atoms with Gasteiger partial charge in [0.25, 0.3) is 11.8 Å². The number of phenols is 1. The van der Waals surface area contributed by atoms with Crippen LogP contribution in [0, 0.1) is 23.7 Å². The molecule has 5 nitrogen and oxygen atoms in total. The first kappa shape index (κ1) is 13.7. The molecule has 22 heavy (non-hydrogen) atoms. The zero-order chi connectivity index (χ0) is 15.4. The minimum Gasteiger partial charge on any atom is -0.507 e. The lowest BCUT2D eigenvalue weighted by molar-refractivity contribution is -0.140. The highest BCUT2D eigenvalue weighted by Crippen LogP contribution is 2.52. The van der Waals surface area contributed by atoms with Crippen LogP contribution < -0.4 is 0 Å². The number of hydrazone groups is 1. The van der Waals surface area contributed by atoms with Crippen LogP contribution in [0.15, 0.2) is 39.9 Å². The van der Waals surface area contributed by atoms with Crippen molar-refractivity contribution in [1.82, 2.24) is 5.01 Å². The molecule has 4 rings (SSSR count). The van der Waals surface area contributed by atoms with E-state index in [0.717, 1.165) is 15.9 Å². The number of fused-ring (bicyclic) bond motifs is 5. The number of allylic oxidation sites excluding steroid dienone is 2. The van der Waals surface area contributed by atoms with Crippen molar-refractivity contribution in [2.24, 2.45) is 28.8 Å². The molecule has 2 fully saturated rings. The normalized spacial score (nSPS) is 32.5. The van der Waals surface area contributed by atoms with Crippen molar-refractivity contribution in [2.75, 3.05) is 0 Å². The molecule has 1 aromatic carbocycles. The first-order chi connectivity index (χ1) is 10.6. The highest BCUT2D eigenvalue weighted by Gasteiger charge is 2.59. The van der Waals surface area contributed by atoms with Crippen LogP contribution >= 0.6 is 15.9 Å². The van der Waals surface area contributed by atoms with Gasteiger partial charge < -0.3 is 5.11 Å². The predicted octanol–water partition coefficient (Wildman–Crippen LogP) is 2.30. The molecule has 0 unspecified atom stereocenters. The van der Waals surface area contributed by atoms with E-state index in [1.807, 2.05) is 12.2 Å². The van der Waals surface area contributed by atoms with Crippen LogP contribution in [0.1, 0.15) is 12.0 Å². The van der Waals surface area contributed by atoms with Gasteiger partial charge in [-0.25, -0.2) is 0 Å². The largest absolute Gasteiger partial charge is 0.507 e. The van der Waals surface area contributed by atoms with Gasteiger partial charge in [-0.3, -0.25) is 9.59 Å². The maximum Gasteiger partial charge on any atom is 0.254 e. The monoisotopic (exact) mass is 360 g/mol. The molecule has 1 saturated carbocycles. The third-order valence-electron chi connectivity index (χ3n) is 4.75. The van der Waals surface area contributed by atoms with Crippen LogP contribution in [-0.2, 0) is 9.59 Å². The van der Waals surface area contributed by atoms with Gasteiger partial charge in [-0.2, -0.15) is 10.1 Å². The van der Waals surface area contributed by atoms with E-state index in [9.17, 15) is 14.7 Å². The number of nitrogens with zero attached hydrogens (tertiary/aromatic N) is 2. The molecule has 0 radical (unpaired) electrons. The second kappa shape index (κ2) is 4.78. The zero-order valence-corrected chi connectivity index (χ0v) is 13.1. The molecule has 0 spiro atoms. The Morgan fingerprint density at radius 2 is 1.82 bits per heavy atom. The molecule has 2 bridgehead atoms. The number of imide groups is 1. The lowest BCUT2D eigenvalue weighted by atomic mass is 9.85. The Balaban J connectivity index is 1.62. The summed E-state index contributed by atoms with van der Waals surface area (Å²) in [6.07, 6.45) is 6.35. The number of carbonyl (C=O) groups excluding carboxylic acids is 2. The Kier molecular flexibility index (Phi) is 2.97. The Hall–Kier alpha value is -1.95. The van der Waals surface area contributed by atoms with Gasteiger partial charge in [0.2, 0.25) is 0 Å². The van der Waals surface area contributed by atoms with Crippen molar-refractivity contribution < 1.29 is 14.7 Å². The standard InChI is InChI=1S/C16H13BrN2O3/c17-11-3-4-12(20)10(6-11)7-18-19-15(21)13-8-1-2-9(5-8)14(13)16(19)22/h1-4,6-9,13-14,20H,5H2/b18-7+/t8-,9+,13+,14-. The minimum absolute atomic E-state index is 0.0491. The topological polar surface area (TPSA) is 70.0 Å². The van der Waals surface area contributed by atoms with Crippen LogP contribution in [0.3, 0.4) is 0 Å². The van der Waals surface area contributed by atoms with E-state index in [4.69, 9.17) is 0 Å². The summed E-state index contributed by atoms with van der Waals surface area (Å²) in [6.45, 7) is 0. The first-order valence-corrected chi connectivity index (χ1v) is 7.94. The number of benzene rings is 1. The fraction of sp³-hybridized carbons (Fsp3) is 0.312. The number of hydrogen-bond acceptors (Lipinski definition) is 4. The van der Waals surface area contributed by atoms with Gasteiger partial charge in [-0.05, 0) is 36.5 Å². The fourth-order valence-corrected chi connectivity index (χ4v) is 4.13. The average molecular weight is 361 g/mol. The number of aromatic hydroxyl groups is 1. The third kappa shape index (κ3) is 1.86. The average Bonchev–Trinajstić information content (AvgIpc) is 3.16. The minimum atomic E-state index is -0.254. The van der Waals surface area contributed by atoms with Crippen LogP contribution in [0.5, 0.6) is 5.75 Å². The molecular weight excluding hydrogens is 348 g/mol. The van der Waals surface area contributed by atoms with Crippen LogP contribution in [0.25, 0.3) is 0 Å². The van der Waals surface area contributed by atoms with E-state index in [-0.39, 0.29) is 41.2 Å². The molecule has 6 heteroatoms. The molecule has 1 aromatic rings. The summed E-state index contributed by atoms with van der Waals surface area (Å²) in [6, 6.07) is 4.90. The molecule has 0 aromatic heterocycles. The first-order valence-electron chi connectivity index (χ1n) is 7.15. The maximum atomic E-state index is 12.4. The van der Waals surface area contributed by atoms with Gasteiger partial charge in [0, 0.05) is 10.0 Å². The smallest absolute Gasteiger partial charge is 0.254 e. The van der Waals surface area contributed by atoms with E-state index in [0.29, 0.717) is 5.56 Å². The van der Waals surface area contributed by atoms with Crippen LogP contribution in [-0.4, -0.2) is 28.1 Å². The van der Waals surface area contributed by atoms with E-state index in [2.05, 4.69) is 21.0 Å². The summed E-state index contributed by atoms with van der Waals surface area (Å²) >= 11 is 3.31. The summed E-state index contributed by atoms with van der Waals surface area (Å²) in [7, 11) is 0. The quantitative estimate of drug-likeness (QED) is 0.499. The van der Waals surface area contributed by atoms with Gasteiger partial charge in [-0.15, -0.1) is 0 Å². The number of rotatable bonds is 2. The lowest BCUT2D eigenvalue weighted by Gasteiger charge is -2.13. The molecule has 1 N–H and O–H groups in total. The van der Waals surface area contributed by atoms with E-state index in [1.54, 1.807) is 12.1 Å². The van der Waals surface area contributed by atoms with Gasteiger partial charge in [0.05, 0.1) is 18.1 Å². The highest BCUT2D eigenvalue weighted by atomic mass is 79.9. The number of halogens is 1. The van der Waals surface area contributed by atoms with Crippen LogP contribution in [0.4, 0.5) is 0 Å². The molecule has 4 atom stereocenters. The molecule has 1 heterocycles. The summed E-state index contributed by atoms with van der Waals surface area (Å²) in [5.41, 5.74) is 0.452. The summed E-state index contributed by atoms with van der Waals surface area (Å²) in [4.78, 5) is 24.9. The zero-order valence-electron chi connectivity index (χ0n) is 11.5. The second-order valence-corrected chi connectivity index (χ2v) is 6.85. The van der Waals surface area contributed by atoms with Crippen LogP contribution in [0.2, 0.25) is 0 Å². The van der Waals surface area contributed by atoms with E-state index >= 15 is 0 Å². The Morgan fingerprint density at radius 1 is 1.18 bits per heavy atom. The van der Waals surface area contributed by atoms with Gasteiger partial charge in [0.1, 0.15) is 5.75 Å². The van der Waals surface area contributed by atoms with Gasteiger partial charge >= 0.3 is 0 Å². The number of carbonyl (C=O) groups is 2. The Bertz CT molecular complexity index is 713. The highest BCUT2D eigenvalue weighted by molar-refractivity contribution is 9.10. The lowest BCUT2D eigenvalue weighted by Crippen LogP contribution is -2.28. The van der Waals surface area contributed by atoms with E-state index in [1.165, 1.54) is 12.3 Å².